The van der Waals surface area contributed by atoms with Crippen molar-refractivity contribution in [2.75, 3.05) is 18.4 Å². The first-order valence-corrected chi connectivity index (χ1v) is 7.01. The van der Waals surface area contributed by atoms with Gasteiger partial charge in [-0.05, 0) is 18.6 Å². The van der Waals surface area contributed by atoms with Crippen molar-refractivity contribution < 1.29 is 14.7 Å². The van der Waals surface area contributed by atoms with Gasteiger partial charge in [-0.3, -0.25) is 14.5 Å². The van der Waals surface area contributed by atoms with Crippen molar-refractivity contribution in [3.05, 3.63) is 29.8 Å². The predicted octanol–water partition coefficient (Wildman–Crippen LogP) is -0.193. The molecule has 1 heterocycles. The molecule has 1 aliphatic heterocycles. The fraction of sp³-hybridized carbons (Fsp3) is 0.400. The molecule has 1 aliphatic rings. The largest absolute Gasteiger partial charge is 0.392 e. The second kappa shape index (κ2) is 7.02. The number of hydrogen-bond acceptors (Lipinski definition) is 5. The van der Waals surface area contributed by atoms with Crippen molar-refractivity contribution in [1.82, 2.24) is 4.90 Å². The molecule has 4 N–H and O–H groups in total. The number of nitrogens with zero attached hydrogens (tertiary/aromatic N) is 2. The van der Waals surface area contributed by atoms with Crippen molar-refractivity contribution in [3.63, 3.8) is 0 Å². The van der Waals surface area contributed by atoms with Gasteiger partial charge >= 0.3 is 0 Å². The number of anilines is 1. The SMILES string of the molecule is N#Cc1ccccc1NC(=O)CCN1C[C@H](O)C[C@H]1C(N)=O. The zero-order valence-electron chi connectivity index (χ0n) is 12.0. The Morgan fingerprint density at radius 1 is 1.45 bits per heavy atom. The van der Waals surface area contributed by atoms with Crippen LogP contribution in [0.4, 0.5) is 5.69 Å². The van der Waals surface area contributed by atoms with Gasteiger partial charge in [0, 0.05) is 19.5 Å². The minimum atomic E-state index is -0.597. The molecule has 0 bridgehead atoms. The molecule has 0 radical (unpaired) electrons. The summed E-state index contributed by atoms with van der Waals surface area (Å²) in [5.74, 6) is -0.751. The van der Waals surface area contributed by atoms with E-state index >= 15 is 0 Å². The molecule has 0 spiro atoms. The Balaban J connectivity index is 1.90. The van der Waals surface area contributed by atoms with Gasteiger partial charge in [-0.15, -0.1) is 0 Å². The highest BCUT2D eigenvalue weighted by atomic mass is 16.3. The molecular formula is C15H18N4O3. The average molecular weight is 302 g/mol. The summed E-state index contributed by atoms with van der Waals surface area (Å²) < 4.78 is 0. The number of hydrogen-bond donors (Lipinski definition) is 3. The van der Waals surface area contributed by atoms with E-state index in [2.05, 4.69) is 5.32 Å². The van der Waals surface area contributed by atoms with Crippen LogP contribution in [0.3, 0.4) is 0 Å². The Kier molecular flexibility index (Phi) is 5.09. The monoisotopic (exact) mass is 302 g/mol. The molecular weight excluding hydrogens is 284 g/mol. The number of aliphatic hydroxyl groups excluding tert-OH is 1. The molecule has 0 unspecified atom stereocenters. The molecule has 1 saturated heterocycles. The van der Waals surface area contributed by atoms with Crippen LogP contribution < -0.4 is 11.1 Å². The Morgan fingerprint density at radius 2 is 2.18 bits per heavy atom. The second-order valence-corrected chi connectivity index (χ2v) is 5.26. The summed E-state index contributed by atoms with van der Waals surface area (Å²) in [4.78, 5) is 25.0. The summed E-state index contributed by atoms with van der Waals surface area (Å²) in [5, 5.41) is 21.2. The van der Waals surface area contributed by atoms with Crippen molar-refractivity contribution in [2.45, 2.75) is 25.0 Å². The van der Waals surface area contributed by atoms with Crippen LogP contribution in [0, 0.1) is 11.3 Å². The number of carbonyl (C=O) groups excluding carboxylic acids is 2. The third kappa shape index (κ3) is 3.81. The molecule has 2 rings (SSSR count). The fourth-order valence-electron chi connectivity index (χ4n) is 2.57. The number of primary amides is 1. The first-order valence-electron chi connectivity index (χ1n) is 7.01. The van der Waals surface area contributed by atoms with E-state index in [-0.39, 0.29) is 12.3 Å². The summed E-state index contributed by atoms with van der Waals surface area (Å²) in [6.45, 7) is 0.654. The number of nitrogens with two attached hydrogens (primary N) is 1. The predicted molar refractivity (Wildman–Crippen MR) is 79.6 cm³/mol. The number of amides is 2. The van der Waals surface area contributed by atoms with Crippen LogP contribution in [0.1, 0.15) is 18.4 Å². The van der Waals surface area contributed by atoms with Crippen LogP contribution >= 0.6 is 0 Å². The zero-order chi connectivity index (χ0) is 16.1. The van der Waals surface area contributed by atoms with Crippen molar-refractivity contribution in [1.29, 1.82) is 5.26 Å². The van der Waals surface area contributed by atoms with Gasteiger partial charge < -0.3 is 16.2 Å². The van der Waals surface area contributed by atoms with Gasteiger partial charge in [0.15, 0.2) is 0 Å². The molecule has 1 fully saturated rings. The van der Waals surface area contributed by atoms with E-state index in [1.54, 1.807) is 29.2 Å². The van der Waals surface area contributed by atoms with Crippen LogP contribution in [-0.2, 0) is 9.59 Å². The number of likely N-dealkylation sites (tertiary alicyclic amines) is 1. The van der Waals surface area contributed by atoms with E-state index in [0.717, 1.165) is 0 Å². The van der Waals surface area contributed by atoms with Crippen LogP contribution in [-0.4, -0.2) is 47.1 Å². The average Bonchev–Trinajstić information content (AvgIpc) is 2.87. The lowest BCUT2D eigenvalue weighted by atomic mass is 10.2. The molecule has 0 aromatic heterocycles. The highest BCUT2D eigenvalue weighted by Gasteiger charge is 2.34. The van der Waals surface area contributed by atoms with Gasteiger partial charge in [-0.1, -0.05) is 12.1 Å². The van der Waals surface area contributed by atoms with Gasteiger partial charge in [0.25, 0.3) is 0 Å². The lowest BCUT2D eigenvalue weighted by Crippen LogP contribution is -2.41. The summed E-state index contributed by atoms with van der Waals surface area (Å²) in [7, 11) is 0. The first-order chi connectivity index (χ1) is 10.5. The lowest BCUT2D eigenvalue weighted by Gasteiger charge is -2.21. The molecule has 1 aromatic rings. The van der Waals surface area contributed by atoms with Gasteiger partial charge in [-0.25, -0.2) is 0 Å². The van der Waals surface area contributed by atoms with E-state index in [9.17, 15) is 14.7 Å². The Morgan fingerprint density at radius 3 is 2.86 bits per heavy atom. The van der Waals surface area contributed by atoms with E-state index in [0.29, 0.717) is 30.8 Å². The molecule has 2 atom stereocenters. The quantitative estimate of drug-likeness (QED) is 0.696. The minimum absolute atomic E-state index is 0.149. The van der Waals surface area contributed by atoms with E-state index in [1.807, 2.05) is 6.07 Å². The number of aliphatic hydroxyl groups is 1. The maximum Gasteiger partial charge on any atom is 0.234 e. The van der Waals surface area contributed by atoms with Crippen molar-refractivity contribution >= 4 is 17.5 Å². The smallest absolute Gasteiger partial charge is 0.234 e. The molecule has 1 aromatic carbocycles. The summed E-state index contributed by atoms with van der Waals surface area (Å²) in [5.41, 5.74) is 6.14. The number of para-hydroxylation sites is 1. The second-order valence-electron chi connectivity index (χ2n) is 5.26. The van der Waals surface area contributed by atoms with Gasteiger partial charge in [0.1, 0.15) is 6.07 Å². The number of nitrogens with one attached hydrogen (secondary N) is 1. The maximum absolute atomic E-state index is 12.0. The lowest BCUT2D eigenvalue weighted by molar-refractivity contribution is -0.123. The number of carbonyl (C=O) groups is 2. The Labute approximate surface area is 128 Å². The van der Waals surface area contributed by atoms with E-state index in [4.69, 9.17) is 11.0 Å². The van der Waals surface area contributed by atoms with Crippen molar-refractivity contribution in [3.8, 4) is 6.07 Å². The number of nitriles is 1. The van der Waals surface area contributed by atoms with Gasteiger partial charge in [0.05, 0.1) is 23.4 Å². The molecule has 7 heteroatoms. The Hall–Kier alpha value is -2.43. The highest BCUT2D eigenvalue weighted by Crippen LogP contribution is 2.18. The zero-order valence-corrected chi connectivity index (χ0v) is 12.0. The molecule has 2 amide bonds. The summed E-state index contributed by atoms with van der Waals surface area (Å²) in [6, 6.07) is 8.20. The molecule has 116 valence electrons. The number of rotatable bonds is 5. The van der Waals surface area contributed by atoms with Crippen LogP contribution in [0.15, 0.2) is 24.3 Å². The van der Waals surface area contributed by atoms with Crippen LogP contribution in [0.5, 0.6) is 0 Å². The van der Waals surface area contributed by atoms with Gasteiger partial charge in [0.2, 0.25) is 11.8 Å². The maximum atomic E-state index is 12.0. The highest BCUT2D eigenvalue weighted by molar-refractivity contribution is 5.92. The number of β-amino-alcohol motifs (C(OH)–C–C–N with tert-alkyl or cyclic N) is 1. The van der Waals surface area contributed by atoms with E-state index < -0.39 is 18.1 Å². The molecule has 22 heavy (non-hydrogen) atoms. The summed E-state index contributed by atoms with van der Waals surface area (Å²) >= 11 is 0. The number of benzene rings is 1. The fourth-order valence-corrected chi connectivity index (χ4v) is 2.57. The third-order valence-corrected chi connectivity index (χ3v) is 3.66. The first kappa shape index (κ1) is 15.9. The normalized spacial score (nSPS) is 21.3. The summed E-state index contributed by atoms with van der Waals surface area (Å²) in [6.07, 6.45) is -0.148. The minimum Gasteiger partial charge on any atom is -0.392 e. The standard InChI is InChI=1S/C15H18N4O3/c16-8-10-3-1-2-4-12(10)18-14(21)5-6-19-9-11(20)7-13(19)15(17)22/h1-4,11,13,20H,5-7,9H2,(H2,17,22)(H,18,21)/t11-,13+/m1/s1. The van der Waals surface area contributed by atoms with Crippen molar-refractivity contribution in [2.24, 2.45) is 5.73 Å². The molecule has 0 aliphatic carbocycles. The topological polar surface area (TPSA) is 119 Å². The van der Waals surface area contributed by atoms with Crippen LogP contribution in [0.2, 0.25) is 0 Å². The Bertz CT molecular complexity index is 611. The van der Waals surface area contributed by atoms with E-state index in [1.165, 1.54) is 0 Å². The van der Waals surface area contributed by atoms with Crippen LogP contribution in [0.25, 0.3) is 0 Å². The third-order valence-electron chi connectivity index (χ3n) is 3.66. The van der Waals surface area contributed by atoms with Gasteiger partial charge in [-0.2, -0.15) is 5.26 Å². The molecule has 0 saturated carbocycles. The molecule has 7 nitrogen and oxygen atoms in total.